The van der Waals surface area contributed by atoms with Crippen molar-refractivity contribution in [3.63, 3.8) is 0 Å². The Hall–Kier alpha value is -1.82. The Morgan fingerprint density at radius 2 is 2.22 bits per heavy atom. The third-order valence-electron chi connectivity index (χ3n) is 5.07. The second-order valence-electron chi connectivity index (χ2n) is 6.66. The van der Waals surface area contributed by atoms with Crippen molar-refractivity contribution in [1.29, 1.82) is 5.26 Å². The molecule has 0 N–H and O–H groups in total. The van der Waals surface area contributed by atoms with Gasteiger partial charge in [-0.2, -0.15) is 5.26 Å². The molecule has 124 valence electrons. The van der Waals surface area contributed by atoms with Crippen molar-refractivity contribution in [1.82, 2.24) is 0 Å². The van der Waals surface area contributed by atoms with Crippen LogP contribution in [0.25, 0.3) is 0 Å². The zero-order valence-electron chi connectivity index (χ0n) is 14.5. The molecular weight excluding hydrogens is 286 g/mol. The Kier molecular flexibility index (Phi) is 6.21. The average molecular weight is 313 g/mol. The smallest absolute Gasteiger partial charge is 0.313 e. The SMILES string of the molecule is CCOC(=O)[C@@H]1c2cc(C#N)ccc2C[C@@H]1CCC[C@@H](C)CC. The van der Waals surface area contributed by atoms with E-state index >= 15 is 0 Å². The van der Waals surface area contributed by atoms with Crippen LogP contribution in [0.5, 0.6) is 0 Å². The number of fused-ring (bicyclic) bond motifs is 1. The predicted octanol–water partition coefficient (Wildman–Crippen LogP) is 4.59. The van der Waals surface area contributed by atoms with E-state index in [9.17, 15) is 4.79 Å². The van der Waals surface area contributed by atoms with Crippen LogP contribution in [0.2, 0.25) is 0 Å². The first-order valence-electron chi connectivity index (χ1n) is 8.80. The van der Waals surface area contributed by atoms with E-state index in [4.69, 9.17) is 10.00 Å². The number of benzene rings is 1. The van der Waals surface area contributed by atoms with Crippen LogP contribution in [0.1, 0.15) is 69.1 Å². The standard InChI is InChI=1S/C20H27NO2/c1-4-14(3)7-6-8-17-12-16-10-9-15(13-21)11-18(16)19(17)20(22)23-5-2/h9-11,14,17,19H,4-8,12H2,1-3H3/t14-,17-,19-/m0/s1. The van der Waals surface area contributed by atoms with Crippen molar-refractivity contribution >= 4 is 5.97 Å². The van der Waals surface area contributed by atoms with E-state index < -0.39 is 0 Å². The van der Waals surface area contributed by atoms with E-state index in [-0.39, 0.29) is 11.9 Å². The molecule has 1 aliphatic carbocycles. The number of carbonyl (C=O) groups excluding carboxylic acids is 1. The first-order chi connectivity index (χ1) is 11.1. The summed E-state index contributed by atoms with van der Waals surface area (Å²) >= 11 is 0. The van der Waals surface area contributed by atoms with Gasteiger partial charge in [-0.05, 0) is 54.9 Å². The van der Waals surface area contributed by atoms with E-state index in [1.165, 1.54) is 18.4 Å². The fraction of sp³-hybridized carbons (Fsp3) is 0.600. The third kappa shape index (κ3) is 4.13. The van der Waals surface area contributed by atoms with Crippen LogP contribution in [0.3, 0.4) is 0 Å². The van der Waals surface area contributed by atoms with Crippen LogP contribution in [0.15, 0.2) is 18.2 Å². The molecule has 0 saturated carbocycles. The van der Waals surface area contributed by atoms with Crippen molar-refractivity contribution in [3.8, 4) is 6.07 Å². The number of hydrogen-bond acceptors (Lipinski definition) is 3. The molecule has 1 aromatic rings. The first kappa shape index (κ1) is 17.5. The maximum atomic E-state index is 12.5. The topological polar surface area (TPSA) is 50.1 Å². The van der Waals surface area contributed by atoms with Gasteiger partial charge in [-0.1, -0.05) is 39.2 Å². The van der Waals surface area contributed by atoms with Gasteiger partial charge in [-0.15, -0.1) is 0 Å². The van der Waals surface area contributed by atoms with E-state index in [2.05, 4.69) is 19.9 Å². The molecule has 1 aromatic carbocycles. The lowest BCUT2D eigenvalue weighted by molar-refractivity contribution is -0.146. The molecule has 0 fully saturated rings. The number of carbonyl (C=O) groups is 1. The molecule has 3 heteroatoms. The summed E-state index contributed by atoms with van der Waals surface area (Å²) in [5, 5.41) is 9.13. The Morgan fingerprint density at radius 1 is 1.43 bits per heavy atom. The van der Waals surface area contributed by atoms with Crippen molar-refractivity contribution < 1.29 is 9.53 Å². The summed E-state index contributed by atoms with van der Waals surface area (Å²) < 4.78 is 5.31. The lowest BCUT2D eigenvalue weighted by atomic mass is 9.87. The van der Waals surface area contributed by atoms with Gasteiger partial charge in [0.15, 0.2) is 0 Å². The fourth-order valence-corrected chi connectivity index (χ4v) is 3.55. The highest BCUT2D eigenvalue weighted by Crippen LogP contribution is 2.42. The monoisotopic (exact) mass is 313 g/mol. The highest BCUT2D eigenvalue weighted by Gasteiger charge is 2.38. The lowest BCUT2D eigenvalue weighted by Crippen LogP contribution is -2.21. The maximum absolute atomic E-state index is 12.5. The number of esters is 1. The van der Waals surface area contributed by atoms with Gasteiger partial charge in [0, 0.05) is 0 Å². The van der Waals surface area contributed by atoms with Gasteiger partial charge in [0.25, 0.3) is 0 Å². The van der Waals surface area contributed by atoms with E-state index in [0.29, 0.717) is 18.1 Å². The van der Waals surface area contributed by atoms with Crippen LogP contribution >= 0.6 is 0 Å². The summed E-state index contributed by atoms with van der Waals surface area (Å²) in [5.74, 6) is 0.720. The summed E-state index contributed by atoms with van der Waals surface area (Å²) in [5.41, 5.74) is 2.84. The fourth-order valence-electron chi connectivity index (χ4n) is 3.55. The second-order valence-corrected chi connectivity index (χ2v) is 6.66. The maximum Gasteiger partial charge on any atom is 0.313 e. The normalized spacial score (nSPS) is 20.6. The largest absolute Gasteiger partial charge is 0.466 e. The zero-order chi connectivity index (χ0) is 16.8. The summed E-state index contributed by atoms with van der Waals surface area (Å²) in [6, 6.07) is 7.92. The molecule has 0 amide bonds. The van der Waals surface area contributed by atoms with E-state index in [1.807, 2.05) is 25.1 Å². The minimum absolute atomic E-state index is 0.130. The summed E-state index contributed by atoms with van der Waals surface area (Å²) in [4.78, 5) is 12.5. The highest BCUT2D eigenvalue weighted by atomic mass is 16.5. The van der Waals surface area contributed by atoms with E-state index in [0.717, 1.165) is 30.7 Å². The van der Waals surface area contributed by atoms with Gasteiger partial charge in [-0.25, -0.2) is 0 Å². The molecule has 0 saturated heterocycles. The van der Waals surface area contributed by atoms with Gasteiger partial charge in [-0.3, -0.25) is 4.79 Å². The van der Waals surface area contributed by atoms with Crippen molar-refractivity contribution in [2.75, 3.05) is 6.61 Å². The van der Waals surface area contributed by atoms with Crippen molar-refractivity contribution in [2.45, 2.75) is 58.8 Å². The lowest BCUT2D eigenvalue weighted by Gasteiger charge is -2.19. The summed E-state index contributed by atoms with van der Waals surface area (Å²) in [7, 11) is 0. The van der Waals surface area contributed by atoms with Crippen LogP contribution < -0.4 is 0 Å². The summed E-state index contributed by atoms with van der Waals surface area (Å²) in [6.45, 7) is 6.76. The Morgan fingerprint density at radius 3 is 2.87 bits per heavy atom. The van der Waals surface area contributed by atoms with Crippen LogP contribution in [0, 0.1) is 23.2 Å². The number of ether oxygens (including phenoxy) is 1. The molecule has 0 spiro atoms. The molecule has 23 heavy (non-hydrogen) atoms. The Balaban J connectivity index is 2.16. The Bertz CT molecular complexity index is 588. The highest BCUT2D eigenvalue weighted by molar-refractivity contribution is 5.80. The number of rotatable bonds is 7. The minimum atomic E-state index is -0.199. The molecule has 3 atom stereocenters. The Labute approximate surface area is 139 Å². The van der Waals surface area contributed by atoms with Gasteiger partial charge < -0.3 is 4.74 Å². The van der Waals surface area contributed by atoms with Gasteiger partial charge in [0.2, 0.25) is 0 Å². The quantitative estimate of drug-likeness (QED) is 0.692. The number of nitrogens with zero attached hydrogens (tertiary/aromatic N) is 1. The second kappa shape index (κ2) is 8.15. The molecular formula is C20H27NO2. The number of nitriles is 1. The van der Waals surface area contributed by atoms with Crippen molar-refractivity contribution in [2.24, 2.45) is 11.8 Å². The molecule has 0 heterocycles. The summed E-state index contributed by atoms with van der Waals surface area (Å²) in [6.07, 6.45) is 5.53. The average Bonchev–Trinajstić information content (AvgIpc) is 2.92. The van der Waals surface area contributed by atoms with Crippen molar-refractivity contribution in [3.05, 3.63) is 34.9 Å². The molecule has 0 aromatic heterocycles. The zero-order valence-corrected chi connectivity index (χ0v) is 14.5. The van der Waals surface area contributed by atoms with E-state index in [1.54, 1.807) is 0 Å². The van der Waals surface area contributed by atoms with Gasteiger partial charge >= 0.3 is 5.97 Å². The molecule has 0 unspecified atom stereocenters. The molecule has 0 bridgehead atoms. The molecule has 0 radical (unpaired) electrons. The van der Waals surface area contributed by atoms with Crippen LogP contribution in [0.4, 0.5) is 0 Å². The third-order valence-corrected chi connectivity index (χ3v) is 5.07. The van der Waals surface area contributed by atoms with Gasteiger partial charge in [0.05, 0.1) is 24.2 Å². The predicted molar refractivity (Wildman–Crippen MR) is 91.0 cm³/mol. The molecule has 0 aliphatic heterocycles. The molecule has 1 aliphatic rings. The van der Waals surface area contributed by atoms with Crippen LogP contribution in [-0.2, 0) is 16.0 Å². The van der Waals surface area contributed by atoms with Crippen LogP contribution in [-0.4, -0.2) is 12.6 Å². The minimum Gasteiger partial charge on any atom is -0.466 e. The molecule has 2 rings (SSSR count). The molecule has 3 nitrogen and oxygen atoms in total. The van der Waals surface area contributed by atoms with Gasteiger partial charge in [0.1, 0.15) is 0 Å². The first-order valence-corrected chi connectivity index (χ1v) is 8.80. The number of hydrogen-bond donors (Lipinski definition) is 0.